The summed E-state index contributed by atoms with van der Waals surface area (Å²) in [4.78, 5) is 12.3. The van der Waals surface area contributed by atoms with Crippen LogP contribution in [0, 0.1) is 13.8 Å². The fraction of sp³-hybridized carbons (Fsp3) is 0.278. The summed E-state index contributed by atoms with van der Waals surface area (Å²) in [5.41, 5.74) is 7.79. The van der Waals surface area contributed by atoms with Crippen molar-refractivity contribution in [2.24, 2.45) is 5.73 Å². The number of rotatable bonds is 7. The second-order valence-corrected chi connectivity index (χ2v) is 7.48. The van der Waals surface area contributed by atoms with E-state index >= 15 is 0 Å². The summed E-state index contributed by atoms with van der Waals surface area (Å²) in [6.45, 7) is 4.52. The molecule has 0 heterocycles. The maximum absolute atomic E-state index is 12.6. The van der Waals surface area contributed by atoms with Crippen LogP contribution in [0.2, 0.25) is 0 Å². The number of carbonyl (C=O) groups is 1. The quantitative estimate of drug-likeness (QED) is 0.658. The lowest BCUT2D eigenvalue weighted by Crippen LogP contribution is -2.27. The van der Waals surface area contributed by atoms with Crippen LogP contribution in [-0.2, 0) is 10.0 Å². The number of hydrogen-bond donors (Lipinski definition) is 3. The molecular formula is C18H23N3O3S. The minimum atomic E-state index is -3.78. The average molecular weight is 361 g/mol. The SMILES string of the molecule is Cc1ccccc1NS(=O)(=O)c1ccc(C)c(C(=O)NCCCN)c1. The van der Waals surface area contributed by atoms with Crippen molar-refractivity contribution in [3.8, 4) is 0 Å². The number of benzene rings is 2. The molecule has 0 fully saturated rings. The molecule has 0 saturated heterocycles. The highest BCUT2D eigenvalue weighted by atomic mass is 32.2. The molecule has 4 N–H and O–H groups in total. The Morgan fingerprint density at radius 3 is 2.48 bits per heavy atom. The Balaban J connectivity index is 2.28. The van der Waals surface area contributed by atoms with E-state index in [9.17, 15) is 13.2 Å². The molecule has 2 rings (SSSR count). The van der Waals surface area contributed by atoms with Crippen molar-refractivity contribution < 1.29 is 13.2 Å². The van der Waals surface area contributed by atoms with Crippen LogP contribution in [0.15, 0.2) is 47.4 Å². The molecule has 0 unspecified atom stereocenters. The maximum Gasteiger partial charge on any atom is 0.261 e. The second kappa shape index (κ2) is 8.13. The number of anilines is 1. The van der Waals surface area contributed by atoms with Crippen LogP contribution in [0.25, 0.3) is 0 Å². The molecule has 0 aliphatic rings. The molecule has 6 nitrogen and oxygen atoms in total. The third kappa shape index (κ3) is 4.80. The van der Waals surface area contributed by atoms with Crippen LogP contribution in [0.3, 0.4) is 0 Å². The summed E-state index contributed by atoms with van der Waals surface area (Å²) in [5.74, 6) is -0.307. The maximum atomic E-state index is 12.6. The highest BCUT2D eigenvalue weighted by molar-refractivity contribution is 7.92. The van der Waals surface area contributed by atoms with Crippen LogP contribution in [-0.4, -0.2) is 27.4 Å². The molecule has 25 heavy (non-hydrogen) atoms. The van der Waals surface area contributed by atoms with Crippen molar-refractivity contribution in [1.82, 2.24) is 5.32 Å². The number of hydrogen-bond acceptors (Lipinski definition) is 4. The lowest BCUT2D eigenvalue weighted by atomic mass is 10.1. The molecule has 0 aliphatic carbocycles. The third-order valence-corrected chi connectivity index (χ3v) is 5.18. The van der Waals surface area contributed by atoms with E-state index in [-0.39, 0.29) is 10.8 Å². The van der Waals surface area contributed by atoms with Gasteiger partial charge < -0.3 is 11.1 Å². The first-order valence-corrected chi connectivity index (χ1v) is 9.51. The molecule has 2 aromatic carbocycles. The van der Waals surface area contributed by atoms with Gasteiger partial charge in [-0.15, -0.1) is 0 Å². The van der Waals surface area contributed by atoms with Crippen LogP contribution in [0.5, 0.6) is 0 Å². The largest absolute Gasteiger partial charge is 0.352 e. The fourth-order valence-corrected chi connectivity index (χ4v) is 3.46. The Kier molecular flexibility index (Phi) is 6.17. The van der Waals surface area contributed by atoms with Gasteiger partial charge in [0.1, 0.15) is 0 Å². The minimum absolute atomic E-state index is 0.0466. The highest BCUT2D eigenvalue weighted by Gasteiger charge is 2.18. The van der Waals surface area contributed by atoms with Gasteiger partial charge in [0.05, 0.1) is 10.6 Å². The van der Waals surface area contributed by atoms with Crippen molar-refractivity contribution in [3.05, 3.63) is 59.2 Å². The van der Waals surface area contributed by atoms with E-state index in [0.717, 1.165) is 5.56 Å². The second-order valence-electron chi connectivity index (χ2n) is 5.80. The predicted molar refractivity (Wildman–Crippen MR) is 99.2 cm³/mol. The summed E-state index contributed by atoms with van der Waals surface area (Å²) in [5, 5.41) is 2.74. The summed E-state index contributed by atoms with van der Waals surface area (Å²) in [7, 11) is -3.78. The van der Waals surface area contributed by atoms with Gasteiger partial charge >= 0.3 is 0 Å². The van der Waals surface area contributed by atoms with Crippen LogP contribution in [0.4, 0.5) is 5.69 Å². The zero-order valence-corrected chi connectivity index (χ0v) is 15.2. The molecule has 1 amide bonds. The fourth-order valence-electron chi connectivity index (χ4n) is 2.30. The molecule has 2 aromatic rings. The normalized spacial score (nSPS) is 11.2. The van der Waals surface area contributed by atoms with E-state index in [0.29, 0.717) is 36.3 Å². The minimum Gasteiger partial charge on any atom is -0.352 e. The van der Waals surface area contributed by atoms with Gasteiger partial charge in [-0.2, -0.15) is 0 Å². The Bertz CT molecular complexity index is 864. The molecule has 134 valence electrons. The lowest BCUT2D eigenvalue weighted by Gasteiger charge is -2.13. The van der Waals surface area contributed by atoms with Crippen molar-refractivity contribution in [2.45, 2.75) is 25.2 Å². The summed E-state index contributed by atoms with van der Waals surface area (Å²) in [6, 6.07) is 11.6. The molecule has 0 radical (unpaired) electrons. The smallest absolute Gasteiger partial charge is 0.261 e. The first kappa shape index (κ1) is 19.0. The number of nitrogens with two attached hydrogens (primary N) is 1. The van der Waals surface area contributed by atoms with Gasteiger partial charge in [-0.05, 0) is 56.1 Å². The third-order valence-electron chi connectivity index (χ3n) is 3.82. The summed E-state index contributed by atoms with van der Waals surface area (Å²) < 4.78 is 27.8. The highest BCUT2D eigenvalue weighted by Crippen LogP contribution is 2.21. The monoisotopic (exact) mass is 361 g/mol. The van der Waals surface area contributed by atoms with Crippen molar-refractivity contribution in [2.75, 3.05) is 17.8 Å². The van der Waals surface area contributed by atoms with E-state index in [2.05, 4.69) is 10.0 Å². The van der Waals surface area contributed by atoms with Crippen molar-refractivity contribution in [3.63, 3.8) is 0 Å². The molecule has 0 atom stereocenters. The number of amides is 1. The topological polar surface area (TPSA) is 101 Å². The Morgan fingerprint density at radius 1 is 1.08 bits per heavy atom. The zero-order chi connectivity index (χ0) is 18.4. The van der Waals surface area contributed by atoms with E-state index in [1.54, 1.807) is 25.1 Å². The van der Waals surface area contributed by atoms with Crippen LogP contribution >= 0.6 is 0 Å². The molecule has 0 saturated carbocycles. The van der Waals surface area contributed by atoms with Crippen molar-refractivity contribution in [1.29, 1.82) is 0 Å². The summed E-state index contributed by atoms with van der Waals surface area (Å²) in [6.07, 6.45) is 0.664. The van der Waals surface area contributed by atoms with Gasteiger partial charge in [0, 0.05) is 12.1 Å². The average Bonchev–Trinajstić information content (AvgIpc) is 2.57. The van der Waals surface area contributed by atoms with Gasteiger partial charge in [-0.3, -0.25) is 9.52 Å². The number of para-hydroxylation sites is 1. The van der Waals surface area contributed by atoms with Gasteiger partial charge in [0.2, 0.25) is 0 Å². The molecular weight excluding hydrogens is 338 g/mol. The lowest BCUT2D eigenvalue weighted by molar-refractivity contribution is 0.0952. The van der Waals surface area contributed by atoms with Gasteiger partial charge in [-0.1, -0.05) is 24.3 Å². The summed E-state index contributed by atoms with van der Waals surface area (Å²) >= 11 is 0. The van der Waals surface area contributed by atoms with E-state index in [4.69, 9.17) is 5.73 Å². The van der Waals surface area contributed by atoms with Crippen LogP contribution < -0.4 is 15.8 Å². The standard InChI is InChI=1S/C18H23N3O3S/c1-13-8-9-15(12-16(13)18(22)20-11-5-10-19)25(23,24)21-17-7-4-3-6-14(17)2/h3-4,6-9,12,21H,5,10-11,19H2,1-2H3,(H,20,22). The van der Waals surface area contributed by atoms with Crippen molar-refractivity contribution >= 4 is 21.6 Å². The molecule has 0 aromatic heterocycles. The Morgan fingerprint density at radius 2 is 1.80 bits per heavy atom. The molecule has 7 heteroatoms. The first-order chi connectivity index (χ1) is 11.8. The van der Waals surface area contributed by atoms with Gasteiger partial charge in [-0.25, -0.2) is 8.42 Å². The van der Waals surface area contributed by atoms with E-state index in [1.165, 1.54) is 12.1 Å². The van der Waals surface area contributed by atoms with Crippen LogP contribution in [0.1, 0.15) is 27.9 Å². The molecule has 0 bridgehead atoms. The molecule has 0 spiro atoms. The van der Waals surface area contributed by atoms with Gasteiger partial charge in [0.25, 0.3) is 15.9 Å². The van der Waals surface area contributed by atoms with E-state index < -0.39 is 10.0 Å². The Labute approximate surface area is 148 Å². The van der Waals surface area contributed by atoms with Gasteiger partial charge in [0.15, 0.2) is 0 Å². The predicted octanol–water partition coefficient (Wildman–Crippen LogP) is 2.18. The number of carbonyl (C=O) groups excluding carboxylic acids is 1. The number of sulfonamides is 1. The Hall–Kier alpha value is -2.38. The number of nitrogens with one attached hydrogen (secondary N) is 2. The van der Waals surface area contributed by atoms with E-state index in [1.807, 2.05) is 19.1 Å². The zero-order valence-electron chi connectivity index (χ0n) is 14.4. The number of aryl methyl sites for hydroxylation is 2. The first-order valence-electron chi connectivity index (χ1n) is 8.02. The molecule has 0 aliphatic heterocycles.